The minimum atomic E-state index is -0.277. The van der Waals surface area contributed by atoms with E-state index in [2.05, 4.69) is 48.4 Å². The summed E-state index contributed by atoms with van der Waals surface area (Å²) in [4.78, 5) is 31.9. The number of carbonyl (C=O) groups excluding carboxylic acids is 2. The predicted octanol–water partition coefficient (Wildman–Crippen LogP) is 1.61. The molecule has 1 aromatic rings. The van der Waals surface area contributed by atoms with E-state index in [1.807, 2.05) is 37.2 Å². The van der Waals surface area contributed by atoms with Crippen molar-refractivity contribution in [1.29, 1.82) is 0 Å². The summed E-state index contributed by atoms with van der Waals surface area (Å²) in [5, 5.41) is 5.49. The number of amides is 3. The topological polar surface area (TPSA) is 99.9 Å². The molecule has 0 atom stereocenters. The molecule has 8 nitrogen and oxygen atoms in total. The number of nitrogens with two attached hydrogens (primary N) is 1. The minimum absolute atomic E-state index is 0.0511. The van der Waals surface area contributed by atoms with Gasteiger partial charge in [0, 0.05) is 26.2 Å². The SMILES string of the molecule is CC(C)CCN(CC(=O)NCCN(C)C)C(=O)NCCON.Cc1ccccc1. The van der Waals surface area contributed by atoms with Gasteiger partial charge in [0.2, 0.25) is 5.91 Å². The molecule has 0 radical (unpaired) electrons. The van der Waals surface area contributed by atoms with Crippen molar-refractivity contribution in [3.8, 4) is 0 Å². The molecule has 1 rings (SSSR count). The van der Waals surface area contributed by atoms with Crippen LogP contribution in [-0.2, 0) is 9.63 Å². The highest BCUT2D eigenvalue weighted by atomic mass is 16.6. The Morgan fingerprint density at radius 3 is 2.21 bits per heavy atom. The van der Waals surface area contributed by atoms with Crippen LogP contribution in [-0.4, -0.2) is 75.2 Å². The van der Waals surface area contributed by atoms with Crippen LogP contribution in [0.2, 0.25) is 0 Å². The first kappa shape index (κ1) is 26.8. The number of nitrogens with zero attached hydrogens (tertiary/aromatic N) is 2. The first-order chi connectivity index (χ1) is 13.8. The highest BCUT2D eigenvalue weighted by Crippen LogP contribution is 2.02. The fourth-order valence-corrected chi connectivity index (χ4v) is 2.18. The monoisotopic (exact) mass is 409 g/mol. The Hall–Kier alpha value is -2.16. The van der Waals surface area contributed by atoms with Gasteiger partial charge in [-0.1, -0.05) is 49.7 Å². The van der Waals surface area contributed by atoms with Crippen LogP contribution in [0.25, 0.3) is 0 Å². The summed E-state index contributed by atoms with van der Waals surface area (Å²) in [6.07, 6.45) is 0.839. The van der Waals surface area contributed by atoms with E-state index in [1.54, 1.807) is 0 Å². The normalized spacial score (nSPS) is 10.3. The average Bonchev–Trinajstić information content (AvgIpc) is 2.66. The van der Waals surface area contributed by atoms with Gasteiger partial charge in [-0.25, -0.2) is 10.7 Å². The maximum absolute atomic E-state index is 12.1. The zero-order valence-electron chi connectivity index (χ0n) is 18.6. The van der Waals surface area contributed by atoms with Gasteiger partial charge >= 0.3 is 6.03 Å². The molecule has 0 saturated carbocycles. The third-order valence-corrected chi connectivity index (χ3v) is 3.92. The lowest BCUT2D eigenvalue weighted by Crippen LogP contribution is -2.47. The van der Waals surface area contributed by atoms with Crippen molar-refractivity contribution >= 4 is 11.9 Å². The highest BCUT2D eigenvalue weighted by molar-refractivity contribution is 5.84. The number of carbonyl (C=O) groups is 2. The molecule has 0 aromatic heterocycles. The Balaban J connectivity index is 0.000000929. The van der Waals surface area contributed by atoms with Gasteiger partial charge in [0.15, 0.2) is 0 Å². The van der Waals surface area contributed by atoms with Crippen LogP contribution in [0.15, 0.2) is 30.3 Å². The van der Waals surface area contributed by atoms with Gasteiger partial charge in [-0.3, -0.25) is 4.79 Å². The molecule has 0 aliphatic carbocycles. The summed E-state index contributed by atoms with van der Waals surface area (Å²) >= 11 is 0. The molecule has 0 unspecified atom stereocenters. The third-order valence-electron chi connectivity index (χ3n) is 3.92. The number of rotatable bonds is 11. The van der Waals surface area contributed by atoms with Gasteiger partial charge in [-0.05, 0) is 33.4 Å². The standard InChI is InChI=1S/C14H31N5O3.C7H8/c1-12(2)5-8-19(14(21)17-7-10-22-15)11-13(20)16-6-9-18(3)4;1-7-5-3-2-4-6-7/h12H,5-11,15H2,1-4H3,(H,16,20)(H,17,21);2-6H,1H3. The van der Waals surface area contributed by atoms with Gasteiger partial charge in [-0.15, -0.1) is 0 Å². The van der Waals surface area contributed by atoms with Gasteiger partial charge < -0.3 is 25.3 Å². The van der Waals surface area contributed by atoms with Crippen molar-refractivity contribution < 1.29 is 14.4 Å². The largest absolute Gasteiger partial charge is 0.353 e. The molecule has 1 aromatic carbocycles. The summed E-state index contributed by atoms with van der Waals surface area (Å²) in [7, 11) is 3.88. The molecule has 0 aliphatic heterocycles. The Morgan fingerprint density at radius 2 is 1.72 bits per heavy atom. The van der Waals surface area contributed by atoms with Crippen LogP contribution >= 0.6 is 0 Å². The van der Waals surface area contributed by atoms with Crippen LogP contribution in [0.3, 0.4) is 0 Å². The summed E-state index contributed by atoms with van der Waals surface area (Å²) < 4.78 is 0. The number of likely N-dealkylation sites (N-methyl/N-ethyl adjacent to an activating group) is 1. The van der Waals surface area contributed by atoms with E-state index in [1.165, 1.54) is 10.5 Å². The molecule has 0 fully saturated rings. The van der Waals surface area contributed by atoms with Crippen molar-refractivity contribution in [2.24, 2.45) is 11.8 Å². The Morgan fingerprint density at radius 1 is 1.07 bits per heavy atom. The van der Waals surface area contributed by atoms with Crippen LogP contribution < -0.4 is 16.5 Å². The van der Waals surface area contributed by atoms with Crippen LogP contribution in [0.1, 0.15) is 25.8 Å². The lowest BCUT2D eigenvalue weighted by atomic mass is 10.1. The average molecular weight is 410 g/mol. The summed E-state index contributed by atoms with van der Waals surface area (Å²) in [6, 6.07) is 9.98. The van der Waals surface area contributed by atoms with Gasteiger partial charge in [0.1, 0.15) is 6.54 Å². The Bertz CT molecular complexity index is 553. The highest BCUT2D eigenvalue weighted by Gasteiger charge is 2.17. The van der Waals surface area contributed by atoms with Crippen LogP contribution in [0.5, 0.6) is 0 Å². The molecule has 8 heteroatoms. The van der Waals surface area contributed by atoms with E-state index in [0.29, 0.717) is 25.6 Å². The number of hydrogen-bond donors (Lipinski definition) is 3. The summed E-state index contributed by atoms with van der Waals surface area (Å²) in [6.45, 7) is 8.70. The summed E-state index contributed by atoms with van der Waals surface area (Å²) in [5.41, 5.74) is 1.32. The zero-order chi connectivity index (χ0) is 22.1. The van der Waals surface area contributed by atoms with E-state index in [0.717, 1.165) is 13.0 Å². The molecular weight excluding hydrogens is 370 g/mol. The minimum Gasteiger partial charge on any atom is -0.353 e. The van der Waals surface area contributed by atoms with E-state index in [-0.39, 0.29) is 25.1 Å². The molecule has 3 amide bonds. The molecular formula is C21H39N5O3. The van der Waals surface area contributed by atoms with E-state index >= 15 is 0 Å². The van der Waals surface area contributed by atoms with E-state index < -0.39 is 0 Å². The van der Waals surface area contributed by atoms with Crippen molar-refractivity contribution in [3.05, 3.63) is 35.9 Å². The van der Waals surface area contributed by atoms with Gasteiger partial charge in [0.05, 0.1) is 6.61 Å². The molecule has 0 spiro atoms. The second-order valence-corrected chi connectivity index (χ2v) is 7.51. The van der Waals surface area contributed by atoms with Crippen LogP contribution in [0, 0.1) is 12.8 Å². The first-order valence-electron chi connectivity index (χ1n) is 10.0. The lowest BCUT2D eigenvalue weighted by Gasteiger charge is -2.23. The number of hydrogen-bond acceptors (Lipinski definition) is 5. The fourth-order valence-electron chi connectivity index (χ4n) is 2.18. The quantitative estimate of drug-likeness (QED) is 0.381. The second kappa shape index (κ2) is 16.8. The Kier molecular flexibility index (Phi) is 15.5. The third kappa shape index (κ3) is 16.5. The molecule has 166 valence electrons. The van der Waals surface area contributed by atoms with Gasteiger partial charge in [0.25, 0.3) is 0 Å². The summed E-state index contributed by atoms with van der Waals surface area (Å²) in [5.74, 6) is 5.22. The molecule has 0 heterocycles. The van der Waals surface area contributed by atoms with Crippen molar-refractivity contribution in [3.63, 3.8) is 0 Å². The molecule has 4 N–H and O–H groups in total. The zero-order valence-corrected chi connectivity index (χ0v) is 18.6. The lowest BCUT2D eigenvalue weighted by molar-refractivity contribution is -0.121. The number of aryl methyl sites for hydroxylation is 1. The van der Waals surface area contributed by atoms with Crippen molar-refractivity contribution in [2.75, 3.05) is 53.4 Å². The first-order valence-corrected chi connectivity index (χ1v) is 10.0. The maximum Gasteiger partial charge on any atom is 0.317 e. The molecule has 0 aliphatic rings. The van der Waals surface area contributed by atoms with Crippen molar-refractivity contribution in [1.82, 2.24) is 20.4 Å². The van der Waals surface area contributed by atoms with Crippen molar-refractivity contribution in [2.45, 2.75) is 27.2 Å². The molecule has 0 saturated heterocycles. The smallest absolute Gasteiger partial charge is 0.317 e. The number of urea groups is 1. The van der Waals surface area contributed by atoms with Crippen LogP contribution in [0.4, 0.5) is 4.79 Å². The molecule has 29 heavy (non-hydrogen) atoms. The van der Waals surface area contributed by atoms with E-state index in [4.69, 9.17) is 5.90 Å². The second-order valence-electron chi connectivity index (χ2n) is 7.51. The maximum atomic E-state index is 12.1. The van der Waals surface area contributed by atoms with E-state index in [9.17, 15) is 9.59 Å². The predicted molar refractivity (Wildman–Crippen MR) is 117 cm³/mol. The number of nitrogens with one attached hydrogen (secondary N) is 2. The van der Waals surface area contributed by atoms with Gasteiger partial charge in [-0.2, -0.15) is 0 Å². The fraction of sp³-hybridized carbons (Fsp3) is 0.619. The Labute approximate surface area is 175 Å². The number of benzene rings is 1. The molecule has 0 bridgehead atoms.